The molecule has 0 atom stereocenters. The Hall–Kier alpha value is -2.00. The molecule has 2 rings (SSSR count). The summed E-state index contributed by atoms with van der Waals surface area (Å²) in [6, 6.07) is 3.05. The average Bonchev–Trinajstić information content (AvgIpc) is 2.33. The van der Waals surface area contributed by atoms with Crippen LogP contribution < -0.4 is 15.0 Å². The van der Waals surface area contributed by atoms with E-state index in [0.717, 1.165) is 6.26 Å². The Balaban J connectivity index is 2.03. The minimum Gasteiger partial charge on any atom is -0.462 e. The fraction of sp³-hybridized carbons (Fsp3) is 0.300. The highest BCUT2D eigenvalue weighted by atomic mass is 32.2. The third-order valence-corrected chi connectivity index (χ3v) is 2.88. The fourth-order valence-electron chi connectivity index (χ4n) is 1.36. The van der Waals surface area contributed by atoms with Gasteiger partial charge in [0.05, 0.1) is 6.26 Å². The Kier molecular flexibility index (Phi) is 3.76. The van der Waals surface area contributed by atoms with E-state index in [1.54, 1.807) is 6.07 Å². The molecule has 19 heavy (non-hydrogen) atoms. The summed E-state index contributed by atoms with van der Waals surface area (Å²) >= 11 is 0. The monoisotopic (exact) mass is 284 g/mol. The van der Waals surface area contributed by atoms with Gasteiger partial charge in [0.25, 0.3) is 0 Å². The summed E-state index contributed by atoms with van der Waals surface area (Å²) in [5.74, 6) is 0. The van der Waals surface area contributed by atoms with Gasteiger partial charge >= 0.3 is 6.01 Å². The Bertz CT molecular complexity index is 741. The predicted octanol–water partition coefficient (Wildman–Crippen LogP) is -0.754. The van der Waals surface area contributed by atoms with Gasteiger partial charge in [-0.3, -0.25) is 4.79 Å². The van der Waals surface area contributed by atoms with Crippen molar-refractivity contribution in [3.63, 3.8) is 0 Å². The maximum Gasteiger partial charge on any atom is 0.318 e. The Morgan fingerprint density at radius 2 is 2.21 bits per heavy atom. The van der Waals surface area contributed by atoms with Gasteiger partial charge in [0.1, 0.15) is 12.3 Å². The predicted molar refractivity (Wildman–Crippen MR) is 68.5 cm³/mol. The molecule has 102 valence electrons. The highest BCUT2D eigenvalue weighted by molar-refractivity contribution is 7.88. The van der Waals surface area contributed by atoms with Crippen molar-refractivity contribution in [2.24, 2.45) is 0 Å². The van der Waals surface area contributed by atoms with Crippen LogP contribution in [0.25, 0.3) is 11.0 Å². The average molecular weight is 284 g/mol. The molecule has 0 amide bonds. The summed E-state index contributed by atoms with van der Waals surface area (Å²) in [4.78, 5) is 21.6. The first-order valence-corrected chi connectivity index (χ1v) is 7.27. The number of hydrogen-bond acceptors (Lipinski definition) is 6. The van der Waals surface area contributed by atoms with Gasteiger partial charge in [0.2, 0.25) is 15.6 Å². The maximum absolute atomic E-state index is 11.1. The first-order valence-electron chi connectivity index (χ1n) is 5.37. The molecule has 2 heterocycles. The van der Waals surface area contributed by atoms with E-state index in [1.165, 1.54) is 12.3 Å². The number of H-pyrrole nitrogens is 1. The molecule has 9 heteroatoms. The third-order valence-electron chi connectivity index (χ3n) is 2.15. The molecule has 0 bridgehead atoms. The number of nitrogens with one attached hydrogen (secondary N) is 2. The zero-order chi connectivity index (χ0) is 13.9. The molecule has 0 saturated carbocycles. The van der Waals surface area contributed by atoms with Crippen molar-refractivity contribution in [2.45, 2.75) is 0 Å². The van der Waals surface area contributed by atoms with Crippen molar-refractivity contribution in [3.05, 3.63) is 28.7 Å². The van der Waals surface area contributed by atoms with Gasteiger partial charge in [-0.15, -0.1) is 0 Å². The van der Waals surface area contributed by atoms with Gasteiger partial charge < -0.3 is 9.72 Å². The second-order valence-corrected chi connectivity index (χ2v) is 5.63. The van der Waals surface area contributed by atoms with E-state index in [0.29, 0.717) is 11.0 Å². The summed E-state index contributed by atoms with van der Waals surface area (Å²) in [5.41, 5.74) is 0.101. The zero-order valence-electron chi connectivity index (χ0n) is 10.1. The van der Waals surface area contributed by atoms with Crippen LogP contribution in [0.5, 0.6) is 6.01 Å². The number of hydrogen-bond donors (Lipinski definition) is 2. The van der Waals surface area contributed by atoms with Gasteiger partial charge in [0.15, 0.2) is 0 Å². The molecule has 0 saturated heterocycles. The number of aromatic nitrogens is 3. The maximum atomic E-state index is 11.1. The molecule has 0 aliphatic rings. The summed E-state index contributed by atoms with van der Waals surface area (Å²) < 4.78 is 29.1. The van der Waals surface area contributed by atoms with Crippen molar-refractivity contribution in [1.82, 2.24) is 19.7 Å². The molecule has 0 spiro atoms. The number of nitrogens with zero attached hydrogens (tertiary/aromatic N) is 2. The molecule has 0 unspecified atom stereocenters. The largest absolute Gasteiger partial charge is 0.462 e. The van der Waals surface area contributed by atoms with Gasteiger partial charge in [-0.2, -0.15) is 4.98 Å². The van der Waals surface area contributed by atoms with Crippen LogP contribution >= 0.6 is 0 Å². The lowest BCUT2D eigenvalue weighted by molar-refractivity contribution is 0.298. The topological polar surface area (TPSA) is 114 Å². The van der Waals surface area contributed by atoms with Gasteiger partial charge in [0, 0.05) is 24.2 Å². The molecular formula is C10H12N4O4S. The number of ether oxygens (including phenoxy) is 1. The zero-order valence-corrected chi connectivity index (χ0v) is 10.9. The van der Waals surface area contributed by atoms with Gasteiger partial charge in [-0.25, -0.2) is 18.1 Å². The highest BCUT2D eigenvalue weighted by Gasteiger charge is 2.03. The number of rotatable bonds is 5. The number of fused-ring (bicyclic) bond motifs is 1. The van der Waals surface area contributed by atoms with Crippen molar-refractivity contribution >= 4 is 21.1 Å². The van der Waals surface area contributed by atoms with E-state index in [2.05, 4.69) is 19.7 Å². The van der Waals surface area contributed by atoms with Gasteiger partial charge in [-0.1, -0.05) is 0 Å². The van der Waals surface area contributed by atoms with Crippen molar-refractivity contribution in [3.8, 4) is 6.01 Å². The number of aromatic amines is 1. The Morgan fingerprint density at radius 1 is 1.42 bits per heavy atom. The summed E-state index contributed by atoms with van der Waals surface area (Å²) in [6.45, 7) is 0.210. The second-order valence-electron chi connectivity index (χ2n) is 3.79. The van der Waals surface area contributed by atoms with Crippen LogP contribution in [0.15, 0.2) is 23.1 Å². The van der Waals surface area contributed by atoms with Gasteiger partial charge in [-0.05, 0) is 6.07 Å². The molecular weight excluding hydrogens is 272 g/mol. The SMILES string of the molecule is CS(=O)(=O)NCCOc1ncc2ccc(=O)[nH]c2n1. The van der Waals surface area contributed by atoms with E-state index >= 15 is 0 Å². The van der Waals surface area contributed by atoms with E-state index < -0.39 is 10.0 Å². The fourth-order valence-corrected chi connectivity index (χ4v) is 1.81. The Labute approximate surface area is 108 Å². The molecule has 0 aliphatic carbocycles. The van der Waals surface area contributed by atoms with E-state index in [-0.39, 0.29) is 24.7 Å². The number of pyridine rings is 1. The van der Waals surface area contributed by atoms with Crippen LogP contribution in [-0.4, -0.2) is 42.8 Å². The first-order chi connectivity index (χ1) is 8.94. The standard InChI is InChI=1S/C10H12N4O4S/c1-19(16,17)12-4-5-18-10-11-6-7-2-3-8(15)13-9(7)14-10/h2-3,6,12H,4-5H2,1H3,(H,11,13,14,15). The van der Waals surface area contributed by atoms with E-state index in [4.69, 9.17) is 4.74 Å². The lowest BCUT2D eigenvalue weighted by Gasteiger charge is -2.05. The molecule has 2 aromatic rings. The van der Waals surface area contributed by atoms with Crippen LogP contribution in [0.3, 0.4) is 0 Å². The minimum absolute atomic E-state index is 0.0738. The molecule has 2 N–H and O–H groups in total. The van der Waals surface area contributed by atoms with Crippen LogP contribution in [0.1, 0.15) is 0 Å². The molecule has 0 fully saturated rings. The van der Waals surface area contributed by atoms with Crippen molar-refractivity contribution < 1.29 is 13.2 Å². The highest BCUT2D eigenvalue weighted by Crippen LogP contribution is 2.08. The lowest BCUT2D eigenvalue weighted by atomic mass is 10.3. The van der Waals surface area contributed by atoms with Crippen LogP contribution in [0.2, 0.25) is 0 Å². The summed E-state index contributed by atoms with van der Waals surface area (Å²) in [6.07, 6.45) is 2.57. The molecule has 0 aromatic carbocycles. The van der Waals surface area contributed by atoms with E-state index in [1.807, 2.05) is 0 Å². The third kappa shape index (κ3) is 4.00. The smallest absolute Gasteiger partial charge is 0.318 e. The molecule has 2 aromatic heterocycles. The van der Waals surface area contributed by atoms with Crippen LogP contribution in [0, 0.1) is 0 Å². The molecule has 0 aliphatic heterocycles. The Morgan fingerprint density at radius 3 is 2.95 bits per heavy atom. The summed E-state index contributed by atoms with van der Waals surface area (Å²) in [5, 5.41) is 0.682. The summed E-state index contributed by atoms with van der Waals surface area (Å²) in [7, 11) is -3.24. The van der Waals surface area contributed by atoms with Crippen molar-refractivity contribution in [2.75, 3.05) is 19.4 Å². The van der Waals surface area contributed by atoms with Crippen molar-refractivity contribution in [1.29, 1.82) is 0 Å². The normalized spacial score (nSPS) is 11.6. The minimum atomic E-state index is -3.24. The molecule has 0 radical (unpaired) electrons. The van der Waals surface area contributed by atoms with E-state index in [9.17, 15) is 13.2 Å². The first kappa shape index (κ1) is 13.4. The van der Waals surface area contributed by atoms with Crippen LogP contribution in [0.4, 0.5) is 0 Å². The second kappa shape index (κ2) is 5.33. The molecule has 8 nitrogen and oxygen atoms in total. The quantitative estimate of drug-likeness (QED) is 0.698. The lowest BCUT2D eigenvalue weighted by Crippen LogP contribution is -2.27. The van der Waals surface area contributed by atoms with Crippen LogP contribution in [-0.2, 0) is 10.0 Å². The number of sulfonamides is 1.